The Morgan fingerprint density at radius 3 is 2.59 bits per heavy atom. The van der Waals surface area contributed by atoms with Gasteiger partial charge in [0.25, 0.3) is 5.56 Å². The third-order valence-corrected chi connectivity index (χ3v) is 6.28. The third kappa shape index (κ3) is 3.10. The van der Waals surface area contributed by atoms with Gasteiger partial charge in [0.2, 0.25) is 5.91 Å². The summed E-state index contributed by atoms with van der Waals surface area (Å²) in [7, 11) is 0. The van der Waals surface area contributed by atoms with Crippen molar-refractivity contribution in [3.8, 4) is 0 Å². The predicted molar refractivity (Wildman–Crippen MR) is 105 cm³/mol. The Labute approximate surface area is 159 Å². The molecule has 0 radical (unpaired) electrons. The number of pyridine rings is 1. The van der Waals surface area contributed by atoms with Crippen LogP contribution in [-0.2, 0) is 17.9 Å². The van der Waals surface area contributed by atoms with E-state index in [4.69, 9.17) is 0 Å². The summed E-state index contributed by atoms with van der Waals surface area (Å²) in [5.74, 6) is 1.24. The maximum Gasteiger partial charge on any atom is 0.250 e. The molecule has 0 saturated carbocycles. The molecule has 3 aliphatic rings. The molecular formula is C22H25N3O2. The van der Waals surface area contributed by atoms with E-state index >= 15 is 0 Å². The quantitative estimate of drug-likeness (QED) is 0.842. The molecule has 5 rings (SSSR count). The molecule has 27 heavy (non-hydrogen) atoms. The van der Waals surface area contributed by atoms with Crippen molar-refractivity contribution < 1.29 is 4.79 Å². The zero-order valence-corrected chi connectivity index (χ0v) is 15.5. The smallest absolute Gasteiger partial charge is 0.250 e. The summed E-state index contributed by atoms with van der Waals surface area (Å²) in [4.78, 5) is 28.5. The monoisotopic (exact) mass is 363 g/mol. The van der Waals surface area contributed by atoms with Crippen LogP contribution >= 0.6 is 0 Å². The lowest BCUT2D eigenvalue weighted by molar-refractivity contribution is -0.117. The van der Waals surface area contributed by atoms with Crippen LogP contribution in [0.5, 0.6) is 0 Å². The minimum Gasteiger partial charge on any atom is -0.312 e. The third-order valence-electron chi connectivity index (χ3n) is 6.28. The van der Waals surface area contributed by atoms with Crippen LogP contribution in [0.3, 0.4) is 0 Å². The van der Waals surface area contributed by atoms with Gasteiger partial charge < -0.3 is 9.47 Å². The topological polar surface area (TPSA) is 45.6 Å². The molecule has 0 aliphatic carbocycles. The van der Waals surface area contributed by atoms with Crippen LogP contribution < -0.4 is 10.5 Å². The van der Waals surface area contributed by atoms with Gasteiger partial charge in [0.1, 0.15) is 0 Å². The van der Waals surface area contributed by atoms with Crippen molar-refractivity contribution >= 4 is 11.6 Å². The number of nitrogens with zero attached hydrogens (tertiary/aromatic N) is 3. The average molecular weight is 363 g/mol. The van der Waals surface area contributed by atoms with Gasteiger partial charge in [-0.05, 0) is 42.5 Å². The van der Waals surface area contributed by atoms with Crippen molar-refractivity contribution in [3.05, 3.63) is 64.1 Å². The fourth-order valence-corrected chi connectivity index (χ4v) is 5.09. The normalized spacial score (nSPS) is 24.9. The molecule has 2 unspecified atom stereocenters. The van der Waals surface area contributed by atoms with Gasteiger partial charge in [0.05, 0.1) is 0 Å². The Morgan fingerprint density at radius 1 is 0.963 bits per heavy atom. The molecule has 2 fully saturated rings. The summed E-state index contributed by atoms with van der Waals surface area (Å²) < 4.78 is 1.98. The van der Waals surface area contributed by atoms with Gasteiger partial charge in [-0.3, -0.25) is 14.5 Å². The Balaban J connectivity index is 1.30. The van der Waals surface area contributed by atoms with Gasteiger partial charge in [0.15, 0.2) is 0 Å². The molecule has 0 spiro atoms. The van der Waals surface area contributed by atoms with Crippen LogP contribution in [0.1, 0.15) is 36.4 Å². The average Bonchev–Trinajstić information content (AvgIpc) is 3.09. The molecule has 5 heteroatoms. The first-order chi connectivity index (χ1) is 13.2. The van der Waals surface area contributed by atoms with Crippen LogP contribution in [0.15, 0.2) is 47.3 Å². The number of anilines is 1. The molecule has 1 aromatic carbocycles. The fourth-order valence-electron chi connectivity index (χ4n) is 5.09. The Morgan fingerprint density at radius 2 is 1.81 bits per heavy atom. The summed E-state index contributed by atoms with van der Waals surface area (Å²) in [6.07, 6.45) is 2.82. The number of amides is 1. The van der Waals surface area contributed by atoms with E-state index < -0.39 is 0 Å². The van der Waals surface area contributed by atoms with Gasteiger partial charge in [-0.1, -0.05) is 18.2 Å². The van der Waals surface area contributed by atoms with Crippen molar-refractivity contribution in [1.29, 1.82) is 0 Å². The molecule has 2 bridgehead atoms. The maximum absolute atomic E-state index is 12.2. The van der Waals surface area contributed by atoms with Crippen molar-refractivity contribution in [2.75, 3.05) is 24.5 Å². The lowest BCUT2D eigenvalue weighted by Gasteiger charge is -2.42. The first kappa shape index (κ1) is 16.8. The second kappa shape index (κ2) is 6.64. The predicted octanol–water partition coefficient (Wildman–Crippen LogP) is 2.59. The molecule has 5 nitrogen and oxygen atoms in total. The fraction of sp³-hybridized carbons (Fsp3) is 0.455. The van der Waals surface area contributed by atoms with E-state index in [0.29, 0.717) is 18.3 Å². The summed E-state index contributed by atoms with van der Waals surface area (Å²) in [5, 5.41) is 0. The van der Waals surface area contributed by atoms with Crippen molar-refractivity contribution in [3.63, 3.8) is 0 Å². The van der Waals surface area contributed by atoms with E-state index in [-0.39, 0.29) is 11.5 Å². The first-order valence-electron chi connectivity index (χ1n) is 9.99. The second-order valence-electron chi connectivity index (χ2n) is 8.21. The number of carbonyl (C=O) groups excluding carboxylic acids is 1. The molecule has 1 aromatic heterocycles. The van der Waals surface area contributed by atoms with Crippen LogP contribution in [0, 0.1) is 5.92 Å². The highest BCUT2D eigenvalue weighted by Crippen LogP contribution is 2.35. The standard InChI is InChI=1S/C22H25N3O2/c26-21-5-2-10-24(21)19-8-6-16(7-9-19)12-23-13-17-11-18(15-23)20-3-1-4-22(27)25(20)14-17/h1,3-4,6-9,17-18H,2,5,10-15H2. The molecule has 1 amide bonds. The Hall–Kier alpha value is -2.40. The minimum absolute atomic E-state index is 0.141. The molecular weight excluding hydrogens is 338 g/mol. The Bertz CT molecular complexity index is 918. The Kier molecular flexibility index (Phi) is 4.12. The number of fused-ring (bicyclic) bond motifs is 4. The number of carbonyl (C=O) groups is 1. The molecule has 2 saturated heterocycles. The van der Waals surface area contributed by atoms with E-state index in [1.54, 1.807) is 6.07 Å². The van der Waals surface area contributed by atoms with Crippen LogP contribution in [0.25, 0.3) is 0 Å². The molecule has 0 N–H and O–H groups in total. The lowest BCUT2D eigenvalue weighted by atomic mass is 9.83. The number of rotatable bonds is 3. The molecule has 3 aliphatic heterocycles. The van der Waals surface area contributed by atoms with Crippen molar-refractivity contribution in [2.45, 2.75) is 38.3 Å². The molecule has 140 valence electrons. The molecule has 4 heterocycles. The van der Waals surface area contributed by atoms with E-state index in [9.17, 15) is 9.59 Å². The highest BCUT2D eigenvalue weighted by Gasteiger charge is 2.34. The number of aromatic nitrogens is 1. The zero-order chi connectivity index (χ0) is 18.4. The molecule has 2 atom stereocenters. The number of benzene rings is 1. The highest BCUT2D eigenvalue weighted by atomic mass is 16.2. The summed E-state index contributed by atoms with van der Waals surface area (Å²) in [6.45, 7) is 4.67. The largest absolute Gasteiger partial charge is 0.312 e. The van der Waals surface area contributed by atoms with Gasteiger partial charge in [0, 0.05) is 62.5 Å². The number of likely N-dealkylation sites (tertiary alicyclic amines) is 1. The van der Waals surface area contributed by atoms with Gasteiger partial charge in [-0.25, -0.2) is 0 Å². The van der Waals surface area contributed by atoms with Crippen molar-refractivity contribution in [2.24, 2.45) is 5.92 Å². The van der Waals surface area contributed by atoms with Crippen molar-refractivity contribution in [1.82, 2.24) is 9.47 Å². The van der Waals surface area contributed by atoms with Crippen LogP contribution in [-0.4, -0.2) is 35.0 Å². The highest BCUT2D eigenvalue weighted by molar-refractivity contribution is 5.95. The van der Waals surface area contributed by atoms with Crippen LogP contribution in [0.4, 0.5) is 5.69 Å². The lowest BCUT2D eigenvalue weighted by Crippen LogP contribution is -2.46. The maximum atomic E-state index is 12.2. The number of piperidine rings is 1. The first-order valence-corrected chi connectivity index (χ1v) is 9.99. The second-order valence-corrected chi connectivity index (χ2v) is 8.21. The number of hydrogen-bond donors (Lipinski definition) is 0. The van der Waals surface area contributed by atoms with Gasteiger partial charge in [-0.15, -0.1) is 0 Å². The van der Waals surface area contributed by atoms with E-state index in [2.05, 4.69) is 35.2 Å². The molecule has 2 aromatic rings. The summed E-state index contributed by atoms with van der Waals surface area (Å²) >= 11 is 0. The van der Waals surface area contributed by atoms with E-state index in [0.717, 1.165) is 44.8 Å². The van der Waals surface area contributed by atoms with Crippen LogP contribution in [0.2, 0.25) is 0 Å². The van der Waals surface area contributed by atoms with Gasteiger partial charge >= 0.3 is 0 Å². The zero-order valence-electron chi connectivity index (χ0n) is 15.5. The summed E-state index contributed by atoms with van der Waals surface area (Å²) in [6, 6.07) is 14.2. The minimum atomic E-state index is 0.141. The summed E-state index contributed by atoms with van der Waals surface area (Å²) in [5.41, 5.74) is 3.65. The SMILES string of the molecule is O=C1CCCN1c1ccc(CN2CC3CC(C2)c2cccc(=O)n2C3)cc1. The van der Waals surface area contributed by atoms with E-state index in [1.165, 1.54) is 17.7 Å². The van der Waals surface area contributed by atoms with Gasteiger partial charge in [-0.2, -0.15) is 0 Å². The number of hydrogen-bond acceptors (Lipinski definition) is 3. The van der Waals surface area contributed by atoms with E-state index in [1.807, 2.05) is 15.5 Å².